The van der Waals surface area contributed by atoms with Crippen LogP contribution in [0.3, 0.4) is 0 Å². The Kier molecular flexibility index (Phi) is 3.52. The standard InChI is InChI=1S/C6H7BFN/c1-2-3-4-5(8)6(7)9/h2-4H,1,9H2/b4-3-,6-5+. The highest BCUT2D eigenvalue weighted by Crippen LogP contribution is 1.98. The number of nitrogens with two attached hydrogens (primary N) is 1. The Hall–Kier alpha value is -0.985. The number of hydrogen-bond acceptors (Lipinski definition) is 1. The Bertz CT molecular complexity index is 156. The van der Waals surface area contributed by atoms with Crippen molar-refractivity contribution in [3.05, 3.63) is 36.2 Å². The van der Waals surface area contributed by atoms with E-state index in [0.717, 1.165) is 6.08 Å². The molecule has 0 fully saturated rings. The third-order valence-electron chi connectivity index (χ3n) is 0.654. The number of rotatable bonds is 2. The summed E-state index contributed by atoms with van der Waals surface area (Å²) in [5.74, 6) is -0.630. The minimum Gasteiger partial charge on any atom is -0.408 e. The van der Waals surface area contributed by atoms with Gasteiger partial charge in [0.1, 0.15) is 13.7 Å². The average Bonchev–Trinajstić information content (AvgIpc) is 1.82. The van der Waals surface area contributed by atoms with Gasteiger partial charge in [-0.25, -0.2) is 4.39 Å². The van der Waals surface area contributed by atoms with Crippen molar-refractivity contribution in [2.45, 2.75) is 0 Å². The molecule has 46 valence electrons. The van der Waals surface area contributed by atoms with Crippen LogP contribution in [-0.2, 0) is 0 Å². The summed E-state index contributed by atoms with van der Waals surface area (Å²) in [6.45, 7) is 3.33. The van der Waals surface area contributed by atoms with E-state index in [1.54, 1.807) is 0 Å². The van der Waals surface area contributed by atoms with Gasteiger partial charge in [-0.2, -0.15) is 0 Å². The van der Waals surface area contributed by atoms with Crippen molar-refractivity contribution in [1.82, 2.24) is 0 Å². The van der Waals surface area contributed by atoms with E-state index >= 15 is 0 Å². The van der Waals surface area contributed by atoms with Crippen LogP contribution in [0.2, 0.25) is 0 Å². The molecule has 0 saturated heterocycles. The normalized spacial score (nSPS) is 13.4. The SMILES string of the molecule is [B]/C(N)=C(F)/C=C\C=C. The van der Waals surface area contributed by atoms with Crippen LogP contribution in [0.5, 0.6) is 0 Å². The molecule has 0 aromatic heterocycles. The molecule has 0 rings (SSSR count). The van der Waals surface area contributed by atoms with Gasteiger partial charge in [0.05, 0.1) is 0 Å². The third kappa shape index (κ3) is 3.59. The molecule has 0 aromatic rings. The lowest BCUT2D eigenvalue weighted by Gasteiger charge is -1.88. The van der Waals surface area contributed by atoms with E-state index in [2.05, 4.69) is 6.58 Å². The van der Waals surface area contributed by atoms with Crippen LogP contribution in [0.1, 0.15) is 0 Å². The maximum absolute atomic E-state index is 12.2. The average molecular weight is 123 g/mol. The zero-order chi connectivity index (χ0) is 7.28. The van der Waals surface area contributed by atoms with E-state index in [0.29, 0.717) is 0 Å². The maximum Gasteiger partial charge on any atom is 0.141 e. The summed E-state index contributed by atoms with van der Waals surface area (Å²) in [7, 11) is 4.87. The van der Waals surface area contributed by atoms with Crippen molar-refractivity contribution < 1.29 is 4.39 Å². The van der Waals surface area contributed by atoms with E-state index < -0.39 is 5.83 Å². The van der Waals surface area contributed by atoms with Crippen LogP contribution in [0.15, 0.2) is 36.2 Å². The van der Waals surface area contributed by atoms with Gasteiger partial charge < -0.3 is 5.73 Å². The van der Waals surface area contributed by atoms with Crippen molar-refractivity contribution in [3.63, 3.8) is 0 Å². The first-order valence-electron chi connectivity index (χ1n) is 2.38. The summed E-state index contributed by atoms with van der Waals surface area (Å²) >= 11 is 0. The Morgan fingerprint density at radius 1 is 1.67 bits per heavy atom. The van der Waals surface area contributed by atoms with Gasteiger partial charge in [-0.1, -0.05) is 18.7 Å². The molecule has 0 heterocycles. The molecule has 0 bridgehead atoms. The van der Waals surface area contributed by atoms with E-state index in [1.165, 1.54) is 12.2 Å². The fraction of sp³-hybridized carbons (Fsp3) is 0. The molecule has 2 radical (unpaired) electrons. The Morgan fingerprint density at radius 3 is 2.56 bits per heavy atom. The molecule has 3 heteroatoms. The first-order chi connectivity index (χ1) is 4.18. The molecule has 1 nitrogen and oxygen atoms in total. The smallest absolute Gasteiger partial charge is 0.141 e. The highest BCUT2D eigenvalue weighted by atomic mass is 19.1. The van der Waals surface area contributed by atoms with Gasteiger partial charge in [-0.05, 0) is 11.7 Å². The Morgan fingerprint density at radius 2 is 2.22 bits per heavy atom. The van der Waals surface area contributed by atoms with Gasteiger partial charge in [0.2, 0.25) is 0 Å². The lowest BCUT2D eigenvalue weighted by molar-refractivity contribution is 0.660. The lowest BCUT2D eigenvalue weighted by atomic mass is 10.0. The Labute approximate surface area is 55.2 Å². The van der Waals surface area contributed by atoms with Crippen LogP contribution < -0.4 is 5.73 Å². The zero-order valence-electron chi connectivity index (χ0n) is 4.97. The van der Waals surface area contributed by atoms with Crippen LogP contribution >= 0.6 is 0 Å². The highest BCUT2D eigenvalue weighted by molar-refractivity contribution is 6.21. The second-order valence-electron chi connectivity index (χ2n) is 1.40. The molecule has 0 amide bonds. The van der Waals surface area contributed by atoms with Crippen molar-refractivity contribution >= 4 is 7.85 Å². The molecule has 2 N–H and O–H groups in total. The summed E-state index contributed by atoms with van der Waals surface area (Å²) in [5.41, 5.74) is 4.56. The van der Waals surface area contributed by atoms with E-state index in [4.69, 9.17) is 13.6 Å². The number of hydrogen-bond donors (Lipinski definition) is 1. The molecule has 0 spiro atoms. The van der Waals surface area contributed by atoms with E-state index in [9.17, 15) is 4.39 Å². The molecular formula is C6H7BFN. The van der Waals surface area contributed by atoms with Gasteiger partial charge in [0.25, 0.3) is 0 Å². The van der Waals surface area contributed by atoms with Crippen LogP contribution in [0.4, 0.5) is 4.39 Å². The molecule has 0 aliphatic heterocycles. The van der Waals surface area contributed by atoms with E-state index in [-0.39, 0.29) is 5.60 Å². The predicted molar refractivity (Wildman–Crippen MR) is 37.4 cm³/mol. The summed E-state index contributed by atoms with van der Waals surface area (Å²) in [6.07, 6.45) is 3.99. The van der Waals surface area contributed by atoms with Gasteiger partial charge in [0.15, 0.2) is 0 Å². The molecule has 0 aliphatic carbocycles. The van der Waals surface area contributed by atoms with Crippen LogP contribution in [0, 0.1) is 0 Å². The fourth-order valence-corrected chi connectivity index (χ4v) is 0.249. The lowest BCUT2D eigenvalue weighted by Crippen LogP contribution is -1.97. The van der Waals surface area contributed by atoms with Crippen LogP contribution in [-0.4, -0.2) is 7.85 Å². The molecule has 9 heavy (non-hydrogen) atoms. The first kappa shape index (κ1) is 8.01. The van der Waals surface area contributed by atoms with Crippen molar-refractivity contribution in [2.24, 2.45) is 5.73 Å². The Balaban J connectivity index is 4.06. The molecule has 0 aliphatic rings. The van der Waals surface area contributed by atoms with Gasteiger partial charge in [0, 0.05) is 0 Å². The highest BCUT2D eigenvalue weighted by Gasteiger charge is 1.87. The largest absolute Gasteiger partial charge is 0.408 e. The minimum absolute atomic E-state index is 0.312. The molecule has 0 atom stereocenters. The minimum atomic E-state index is -0.630. The van der Waals surface area contributed by atoms with Gasteiger partial charge in [-0.3, -0.25) is 0 Å². The summed E-state index contributed by atoms with van der Waals surface area (Å²) in [6, 6.07) is 0. The van der Waals surface area contributed by atoms with E-state index in [1.807, 2.05) is 0 Å². The van der Waals surface area contributed by atoms with Gasteiger partial charge >= 0.3 is 0 Å². The molecular weight excluding hydrogens is 116 g/mol. The monoisotopic (exact) mass is 123 g/mol. The predicted octanol–water partition coefficient (Wildman–Crippen LogP) is 0.994. The summed E-state index contributed by atoms with van der Waals surface area (Å²) in [5, 5.41) is 0. The fourth-order valence-electron chi connectivity index (χ4n) is 0.249. The quantitative estimate of drug-likeness (QED) is 0.430. The molecule has 0 unspecified atom stereocenters. The summed E-state index contributed by atoms with van der Waals surface area (Å²) < 4.78 is 12.2. The topological polar surface area (TPSA) is 26.0 Å². The van der Waals surface area contributed by atoms with Crippen molar-refractivity contribution in [1.29, 1.82) is 0 Å². The van der Waals surface area contributed by atoms with Crippen LogP contribution in [0.25, 0.3) is 0 Å². The summed E-state index contributed by atoms with van der Waals surface area (Å²) in [4.78, 5) is 0. The third-order valence-corrected chi connectivity index (χ3v) is 0.654. The van der Waals surface area contributed by atoms with Crippen molar-refractivity contribution in [2.75, 3.05) is 0 Å². The van der Waals surface area contributed by atoms with Gasteiger partial charge in [-0.15, -0.1) is 0 Å². The second-order valence-corrected chi connectivity index (χ2v) is 1.40. The number of allylic oxidation sites excluding steroid dienone is 4. The number of halogens is 1. The second kappa shape index (κ2) is 3.95. The maximum atomic E-state index is 12.2. The molecule has 0 aromatic carbocycles. The molecule has 0 saturated carbocycles. The van der Waals surface area contributed by atoms with Crippen molar-refractivity contribution in [3.8, 4) is 0 Å². The zero-order valence-corrected chi connectivity index (χ0v) is 4.97. The first-order valence-corrected chi connectivity index (χ1v) is 2.38.